The van der Waals surface area contributed by atoms with Gasteiger partial charge in [0, 0.05) is 11.6 Å². The number of aliphatic hydroxyl groups excluding tert-OH is 2. The highest BCUT2D eigenvalue weighted by Crippen LogP contribution is 2.26. The van der Waals surface area contributed by atoms with Crippen LogP contribution in [0.25, 0.3) is 0 Å². The number of hydrogen-bond donors (Lipinski definition) is 3. The van der Waals surface area contributed by atoms with Crippen LogP contribution < -0.4 is 5.73 Å². The minimum atomic E-state index is -1.78. The second-order valence-electron chi connectivity index (χ2n) is 2.91. The van der Waals surface area contributed by atoms with Crippen molar-refractivity contribution in [3.05, 3.63) is 29.3 Å². The molecule has 0 amide bonds. The molecule has 6 heteroatoms. The van der Waals surface area contributed by atoms with E-state index in [1.165, 1.54) is 6.07 Å². The summed E-state index contributed by atoms with van der Waals surface area (Å²) in [5, 5.41) is 26.6. The van der Waals surface area contributed by atoms with Crippen molar-refractivity contribution in [2.75, 3.05) is 5.73 Å². The van der Waals surface area contributed by atoms with Crippen molar-refractivity contribution in [2.24, 2.45) is 0 Å². The summed E-state index contributed by atoms with van der Waals surface area (Å²) in [6.07, 6.45) is -3.52. The van der Waals surface area contributed by atoms with E-state index < -0.39 is 29.5 Å². The highest BCUT2D eigenvalue weighted by molar-refractivity contribution is 5.50. The maximum absolute atomic E-state index is 12.9. The molecule has 0 saturated carbocycles. The first-order chi connectivity index (χ1) is 6.97. The highest BCUT2D eigenvalue weighted by atomic mass is 19.1. The van der Waals surface area contributed by atoms with Gasteiger partial charge in [0.05, 0.1) is 11.8 Å². The molecule has 2 unspecified atom stereocenters. The van der Waals surface area contributed by atoms with Crippen molar-refractivity contribution in [1.29, 1.82) is 5.26 Å². The Labute approximate surface area is 84.2 Å². The zero-order valence-electron chi connectivity index (χ0n) is 7.48. The van der Waals surface area contributed by atoms with Crippen LogP contribution in [-0.2, 0) is 0 Å². The van der Waals surface area contributed by atoms with Crippen LogP contribution in [0.5, 0.6) is 0 Å². The van der Waals surface area contributed by atoms with Gasteiger partial charge in [0.15, 0.2) is 6.10 Å². The molecule has 1 aromatic carbocycles. The molecular weight excluding hydrogens is 206 g/mol. The predicted molar refractivity (Wildman–Crippen MR) is 47.4 cm³/mol. The number of nitriles is 1. The van der Waals surface area contributed by atoms with Gasteiger partial charge in [0.25, 0.3) is 0 Å². The summed E-state index contributed by atoms with van der Waals surface area (Å²) in [5.41, 5.74) is 4.39. The Kier molecular flexibility index (Phi) is 3.19. The first kappa shape index (κ1) is 11.4. The number of nitrogens with zero attached hydrogens (tertiary/aromatic N) is 1. The maximum Gasteiger partial charge on any atom is 0.170 e. The van der Waals surface area contributed by atoms with E-state index in [1.807, 2.05) is 0 Å². The van der Waals surface area contributed by atoms with Crippen molar-refractivity contribution in [3.8, 4) is 6.07 Å². The van der Waals surface area contributed by atoms with Gasteiger partial charge in [-0.1, -0.05) is 0 Å². The molecule has 80 valence electrons. The normalized spacial score (nSPS) is 14.3. The van der Waals surface area contributed by atoms with Gasteiger partial charge >= 0.3 is 0 Å². The maximum atomic E-state index is 12.9. The molecule has 15 heavy (non-hydrogen) atoms. The molecule has 2 atom stereocenters. The minimum Gasteiger partial charge on any atom is -0.396 e. The molecule has 0 fully saturated rings. The van der Waals surface area contributed by atoms with Crippen LogP contribution in [0.15, 0.2) is 12.1 Å². The van der Waals surface area contributed by atoms with Crippen LogP contribution in [0.3, 0.4) is 0 Å². The fourth-order valence-electron chi connectivity index (χ4n) is 1.09. The van der Waals surface area contributed by atoms with E-state index in [0.717, 1.165) is 6.07 Å². The third-order valence-corrected chi connectivity index (χ3v) is 1.88. The number of halogens is 2. The van der Waals surface area contributed by atoms with Gasteiger partial charge in [0.2, 0.25) is 0 Å². The van der Waals surface area contributed by atoms with Crippen molar-refractivity contribution < 1.29 is 19.0 Å². The van der Waals surface area contributed by atoms with E-state index >= 15 is 0 Å². The molecule has 0 aliphatic rings. The average molecular weight is 214 g/mol. The number of benzene rings is 1. The quantitative estimate of drug-likeness (QED) is 0.493. The first-order valence-electron chi connectivity index (χ1n) is 3.97. The molecule has 1 rings (SSSR count). The molecule has 0 aliphatic heterocycles. The van der Waals surface area contributed by atoms with Crippen molar-refractivity contribution >= 4 is 5.69 Å². The van der Waals surface area contributed by atoms with Crippen LogP contribution in [0, 0.1) is 23.0 Å². The number of rotatable bonds is 2. The average Bonchev–Trinajstić information content (AvgIpc) is 2.21. The second kappa shape index (κ2) is 4.21. The van der Waals surface area contributed by atoms with Crippen molar-refractivity contribution in [1.82, 2.24) is 0 Å². The van der Waals surface area contributed by atoms with Crippen LogP contribution in [0.4, 0.5) is 14.5 Å². The summed E-state index contributed by atoms with van der Waals surface area (Å²) in [6, 6.07) is 2.65. The summed E-state index contributed by atoms with van der Waals surface area (Å²) >= 11 is 0. The zero-order chi connectivity index (χ0) is 11.6. The van der Waals surface area contributed by atoms with Gasteiger partial charge in [-0.25, -0.2) is 8.78 Å². The van der Waals surface area contributed by atoms with Gasteiger partial charge in [-0.2, -0.15) is 5.26 Å². The van der Waals surface area contributed by atoms with E-state index in [2.05, 4.69) is 0 Å². The smallest absolute Gasteiger partial charge is 0.170 e. The minimum absolute atomic E-state index is 0.346. The molecule has 0 heterocycles. The predicted octanol–water partition coefficient (Wildman–Crippen LogP) is 0.465. The van der Waals surface area contributed by atoms with Gasteiger partial charge < -0.3 is 15.9 Å². The molecule has 0 spiro atoms. The van der Waals surface area contributed by atoms with E-state index in [1.54, 1.807) is 0 Å². The molecule has 1 aromatic rings. The molecule has 0 bridgehead atoms. The molecule has 4 N–H and O–H groups in total. The van der Waals surface area contributed by atoms with Crippen molar-refractivity contribution in [2.45, 2.75) is 12.2 Å². The fourth-order valence-corrected chi connectivity index (χ4v) is 1.09. The van der Waals surface area contributed by atoms with Crippen LogP contribution in [-0.4, -0.2) is 16.3 Å². The Morgan fingerprint density at radius 1 is 1.33 bits per heavy atom. The third kappa shape index (κ3) is 2.21. The van der Waals surface area contributed by atoms with Crippen LogP contribution in [0.2, 0.25) is 0 Å². The van der Waals surface area contributed by atoms with Crippen LogP contribution >= 0.6 is 0 Å². The lowest BCUT2D eigenvalue weighted by atomic mass is 10.0. The Hall–Kier alpha value is -1.71. The lowest BCUT2D eigenvalue weighted by molar-refractivity contribution is 0.0529. The number of hydrogen-bond acceptors (Lipinski definition) is 4. The van der Waals surface area contributed by atoms with E-state index in [-0.39, 0.29) is 5.56 Å². The summed E-state index contributed by atoms with van der Waals surface area (Å²) < 4.78 is 25.7. The van der Waals surface area contributed by atoms with Gasteiger partial charge in [-0.05, 0) is 6.07 Å². The van der Waals surface area contributed by atoms with Crippen molar-refractivity contribution in [3.63, 3.8) is 0 Å². The third-order valence-electron chi connectivity index (χ3n) is 1.88. The Morgan fingerprint density at radius 2 is 1.93 bits per heavy atom. The summed E-state index contributed by atoms with van der Waals surface area (Å²) in [4.78, 5) is 0. The molecule has 0 aromatic heterocycles. The van der Waals surface area contributed by atoms with E-state index in [9.17, 15) is 13.9 Å². The van der Waals surface area contributed by atoms with E-state index in [4.69, 9.17) is 16.1 Å². The summed E-state index contributed by atoms with van der Waals surface area (Å²) in [7, 11) is 0. The largest absolute Gasteiger partial charge is 0.396 e. The van der Waals surface area contributed by atoms with Gasteiger partial charge in [0.1, 0.15) is 17.7 Å². The molecule has 0 saturated heterocycles. The zero-order valence-corrected chi connectivity index (χ0v) is 7.48. The Balaban J connectivity index is 3.20. The molecule has 0 radical (unpaired) electrons. The summed E-state index contributed by atoms with van der Waals surface area (Å²) in [5.74, 6) is -1.99. The van der Waals surface area contributed by atoms with Crippen LogP contribution in [0.1, 0.15) is 11.7 Å². The number of aliphatic hydroxyl groups is 2. The lowest BCUT2D eigenvalue weighted by Crippen LogP contribution is -2.18. The number of anilines is 1. The standard InChI is InChI=1S/C9H8F2N2O2/c10-4-1-5(8(13)6(11)2-4)9(15)7(14)3-12/h1-2,7,9,14-15H,13H2. The Morgan fingerprint density at radius 3 is 2.47 bits per heavy atom. The summed E-state index contributed by atoms with van der Waals surface area (Å²) in [6.45, 7) is 0. The van der Waals surface area contributed by atoms with E-state index in [0.29, 0.717) is 6.07 Å². The van der Waals surface area contributed by atoms with Gasteiger partial charge in [-0.15, -0.1) is 0 Å². The number of nitrogen functional groups attached to an aromatic ring is 1. The number of nitrogens with two attached hydrogens (primary N) is 1. The molecule has 4 nitrogen and oxygen atoms in total. The highest BCUT2D eigenvalue weighted by Gasteiger charge is 2.22. The lowest BCUT2D eigenvalue weighted by Gasteiger charge is -2.14. The topological polar surface area (TPSA) is 90.3 Å². The monoisotopic (exact) mass is 214 g/mol. The molecule has 0 aliphatic carbocycles. The second-order valence-corrected chi connectivity index (χ2v) is 2.91. The van der Waals surface area contributed by atoms with Gasteiger partial charge in [-0.3, -0.25) is 0 Å². The first-order valence-corrected chi connectivity index (χ1v) is 3.97. The Bertz CT molecular complexity index is 417. The molecular formula is C9H8F2N2O2. The SMILES string of the molecule is N#CC(O)C(O)c1cc(F)cc(F)c1N. The fraction of sp³-hybridized carbons (Fsp3) is 0.222.